The van der Waals surface area contributed by atoms with Gasteiger partial charge in [0.15, 0.2) is 22.0 Å². The maximum atomic E-state index is 12.2. The van der Waals surface area contributed by atoms with Crippen LogP contribution in [0.25, 0.3) is 0 Å². The van der Waals surface area contributed by atoms with Gasteiger partial charge in [-0.3, -0.25) is 4.79 Å². The number of carbonyl (C=O) groups is 1. The lowest BCUT2D eigenvalue weighted by Gasteiger charge is -2.08. The van der Waals surface area contributed by atoms with Gasteiger partial charge in [0, 0.05) is 5.56 Å². The summed E-state index contributed by atoms with van der Waals surface area (Å²) in [4.78, 5) is 12.2. The molecule has 0 fully saturated rings. The fraction of sp³-hybridized carbons (Fsp3) is 0.154. The largest absolute Gasteiger partial charge is 0.493 e. The van der Waals surface area contributed by atoms with E-state index in [1.807, 2.05) is 0 Å². The summed E-state index contributed by atoms with van der Waals surface area (Å²) < 4.78 is 15.8. The van der Waals surface area contributed by atoms with Crippen molar-refractivity contribution < 1.29 is 18.7 Å². The third-order valence-corrected chi connectivity index (χ3v) is 3.12. The van der Waals surface area contributed by atoms with Crippen molar-refractivity contribution in [2.75, 3.05) is 14.2 Å². The molecule has 18 heavy (non-hydrogen) atoms. The molecule has 4 nitrogen and oxygen atoms in total. The topological polar surface area (TPSA) is 48.7 Å². The molecule has 0 aliphatic rings. The molecule has 0 saturated heterocycles. The summed E-state index contributed by atoms with van der Waals surface area (Å²) >= 11 is 3.18. The van der Waals surface area contributed by atoms with E-state index in [0.29, 0.717) is 27.3 Å². The van der Waals surface area contributed by atoms with Crippen molar-refractivity contribution in [1.82, 2.24) is 0 Å². The van der Waals surface area contributed by atoms with Crippen LogP contribution in [0.2, 0.25) is 0 Å². The van der Waals surface area contributed by atoms with Crippen LogP contribution in [0.4, 0.5) is 0 Å². The van der Waals surface area contributed by atoms with E-state index >= 15 is 0 Å². The summed E-state index contributed by atoms with van der Waals surface area (Å²) in [5, 5.41) is 0. The zero-order valence-electron chi connectivity index (χ0n) is 9.90. The van der Waals surface area contributed by atoms with E-state index < -0.39 is 0 Å². The molecule has 1 aromatic carbocycles. The first-order valence-corrected chi connectivity index (χ1v) is 5.96. The van der Waals surface area contributed by atoms with Crippen LogP contribution >= 0.6 is 15.9 Å². The second kappa shape index (κ2) is 5.27. The van der Waals surface area contributed by atoms with Crippen LogP contribution in [0.3, 0.4) is 0 Å². The van der Waals surface area contributed by atoms with Crippen molar-refractivity contribution in [1.29, 1.82) is 0 Å². The molecule has 0 aliphatic heterocycles. The maximum Gasteiger partial charge on any atom is 0.197 e. The molecular formula is C13H11BrO4. The first-order chi connectivity index (χ1) is 8.67. The highest BCUT2D eigenvalue weighted by atomic mass is 79.9. The molecule has 0 radical (unpaired) electrons. The first-order valence-electron chi connectivity index (χ1n) is 5.17. The van der Waals surface area contributed by atoms with Gasteiger partial charge in [-0.25, -0.2) is 0 Å². The summed E-state index contributed by atoms with van der Waals surface area (Å²) in [6.07, 6.45) is 1.46. The van der Waals surface area contributed by atoms with Crippen LogP contribution in [0.5, 0.6) is 11.5 Å². The predicted molar refractivity (Wildman–Crippen MR) is 69.4 cm³/mol. The van der Waals surface area contributed by atoms with Crippen LogP contribution < -0.4 is 9.47 Å². The Kier molecular flexibility index (Phi) is 3.72. The molecule has 0 amide bonds. The predicted octanol–water partition coefficient (Wildman–Crippen LogP) is 3.29. The average molecular weight is 311 g/mol. The number of methoxy groups -OCH3 is 2. The fourth-order valence-corrected chi connectivity index (χ4v) is 2.01. The monoisotopic (exact) mass is 310 g/mol. The Morgan fingerprint density at radius 2 is 1.89 bits per heavy atom. The van der Waals surface area contributed by atoms with Gasteiger partial charge in [0.25, 0.3) is 0 Å². The molecule has 94 valence electrons. The van der Waals surface area contributed by atoms with Crippen molar-refractivity contribution in [3.63, 3.8) is 0 Å². The van der Waals surface area contributed by atoms with Gasteiger partial charge in [-0.05, 0) is 40.2 Å². The minimum absolute atomic E-state index is 0.142. The second-order valence-corrected chi connectivity index (χ2v) is 4.23. The molecule has 0 saturated carbocycles. The van der Waals surface area contributed by atoms with Crippen molar-refractivity contribution in [3.05, 3.63) is 46.3 Å². The Morgan fingerprint density at radius 1 is 1.17 bits per heavy atom. The highest BCUT2D eigenvalue weighted by Crippen LogP contribution is 2.29. The minimum atomic E-state index is -0.142. The molecule has 1 heterocycles. The number of ether oxygens (including phenoxy) is 2. The number of hydrogen-bond acceptors (Lipinski definition) is 4. The second-order valence-electron chi connectivity index (χ2n) is 3.51. The summed E-state index contributed by atoms with van der Waals surface area (Å²) in [5.41, 5.74) is 0.983. The zero-order valence-corrected chi connectivity index (χ0v) is 11.5. The van der Waals surface area contributed by atoms with Gasteiger partial charge >= 0.3 is 0 Å². The van der Waals surface area contributed by atoms with Crippen molar-refractivity contribution in [2.24, 2.45) is 0 Å². The number of halogens is 1. The third kappa shape index (κ3) is 2.26. The van der Waals surface area contributed by atoms with Crippen LogP contribution in [0.1, 0.15) is 15.9 Å². The Morgan fingerprint density at radius 3 is 2.44 bits per heavy atom. The number of furan rings is 1. The summed E-state index contributed by atoms with van der Waals surface area (Å²) in [6, 6.07) is 6.63. The molecule has 2 aromatic rings. The summed E-state index contributed by atoms with van der Waals surface area (Å²) in [7, 11) is 3.08. The molecule has 0 N–H and O–H groups in total. The first kappa shape index (κ1) is 12.7. The molecule has 2 rings (SSSR count). The van der Waals surface area contributed by atoms with E-state index in [1.54, 1.807) is 31.4 Å². The van der Waals surface area contributed by atoms with E-state index in [9.17, 15) is 4.79 Å². The lowest BCUT2D eigenvalue weighted by Crippen LogP contribution is -2.01. The van der Waals surface area contributed by atoms with Crippen LogP contribution in [-0.4, -0.2) is 20.0 Å². The lowest BCUT2D eigenvalue weighted by molar-refractivity contribution is 0.103. The summed E-state index contributed by atoms with van der Waals surface area (Å²) in [6.45, 7) is 0. The molecule has 1 aromatic heterocycles. The van der Waals surface area contributed by atoms with E-state index in [0.717, 1.165) is 0 Å². The van der Waals surface area contributed by atoms with Crippen molar-refractivity contribution >= 4 is 21.7 Å². The standard InChI is InChI=1S/C13H11BrO4/c1-16-10-4-3-8(7-11(10)17-2)12(15)9-5-6-18-13(9)14/h3-7H,1-2H3. The molecule has 0 bridgehead atoms. The maximum absolute atomic E-state index is 12.2. The molecule has 5 heteroatoms. The fourth-order valence-electron chi connectivity index (χ4n) is 1.59. The quantitative estimate of drug-likeness (QED) is 0.813. The van der Waals surface area contributed by atoms with Crippen LogP contribution in [0.15, 0.2) is 39.6 Å². The number of ketones is 1. The van der Waals surface area contributed by atoms with E-state index in [1.165, 1.54) is 13.4 Å². The van der Waals surface area contributed by atoms with Gasteiger partial charge < -0.3 is 13.9 Å². The normalized spacial score (nSPS) is 10.2. The van der Waals surface area contributed by atoms with E-state index in [-0.39, 0.29) is 5.78 Å². The number of benzene rings is 1. The zero-order chi connectivity index (χ0) is 13.1. The third-order valence-electron chi connectivity index (χ3n) is 2.51. The highest BCUT2D eigenvalue weighted by Gasteiger charge is 2.16. The SMILES string of the molecule is COc1ccc(C(=O)c2ccoc2Br)cc1OC. The smallest absolute Gasteiger partial charge is 0.197 e. The van der Waals surface area contributed by atoms with Gasteiger partial charge in [-0.15, -0.1) is 0 Å². The van der Waals surface area contributed by atoms with Crippen LogP contribution in [0, 0.1) is 0 Å². The molecule has 0 aliphatic carbocycles. The number of carbonyl (C=O) groups excluding carboxylic acids is 1. The van der Waals surface area contributed by atoms with Gasteiger partial charge in [0.05, 0.1) is 26.0 Å². The number of hydrogen-bond donors (Lipinski definition) is 0. The molecule has 0 spiro atoms. The molecule has 0 unspecified atom stereocenters. The average Bonchev–Trinajstić information content (AvgIpc) is 2.83. The van der Waals surface area contributed by atoms with Crippen molar-refractivity contribution in [2.45, 2.75) is 0 Å². The number of rotatable bonds is 4. The minimum Gasteiger partial charge on any atom is -0.493 e. The van der Waals surface area contributed by atoms with Crippen LogP contribution in [-0.2, 0) is 0 Å². The lowest BCUT2D eigenvalue weighted by atomic mass is 10.1. The Balaban J connectivity index is 2.40. The van der Waals surface area contributed by atoms with Gasteiger partial charge in [0.2, 0.25) is 0 Å². The molecule has 0 atom stereocenters. The van der Waals surface area contributed by atoms with E-state index in [2.05, 4.69) is 15.9 Å². The van der Waals surface area contributed by atoms with Crippen molar-refractivity contribution in [3.8, 4) is 11.5 Å². The Labute approximate surface area is 113 Å². The van der Waals surface area contributed by atoms with Gasteiger partial charge in [-0.1, -0.05) is 0 Å². The van der Waals surface area contributed by atoms with E-state index in [4.69, 9.17) is 13.9 Å². The Bertz CT molecular complexity index is 574. The van der Waals surface area contributed by atoms with Gasteiger partial charge in [-0.2, -0.15) is 0 Å². The molecular weight excluding hydrogens is 300 g/mol. The highest BCUT2D eigenvalue weighted by molar-refractivity contribution is 9.10. The van der Waals surface area contributed by atoms with Gasteiger partial charge in [0.1, 0.15) is 0 Å². The Hall–Kier alpha value is -1.75. The summed E-state index contributed by atoms with van der Waals surface area (Å²) in [5.74, 6) is 0.958.